The first kappa shape index (κ1) is 21.7. The summed E-state index contributed by atoms with van der Waals surface area (Å²) in [6, 6.07) is 9.91. The van der Waals surface area contributed by atoms with Crippen LogP contribution in [0.1, 0.15) is 37.7 Å². The van der Waals surface area contributed by atoms with Crippen LogP contribution < -0.4 is 0 Å². The van der Waals surface area contributed by atoms with E-state index in [1.807, 2.05) is 36.4 Å². The molecule has 1 saturated carbocycles. The molecule has 1 aromatic rings. The topological polar surface area (TPSA) is 76.1 Å². The van der Waals surface area contributed by atoms with Gasteiger partial charge in [0.05, 0.1) is 32.0 Å². The van der Waals surface area contributed by atoms with Crippen LogP contribution in [0.4, 0.5) is 0 Å². The standard InChI is InChI=1S/C23H31NO5/c25-20-16-21(29-17-18-8-4-3-5-9-18)19(10-6-1-2-7-11-22(26)27)23(20)24-12-14-28-15-13-24/h1,3-6,8-9,19,21,23H,2,7,10-17H2,(H,26,27)/b6-1+/t19-,21-,23+/m0/s1. The number of carboxylic acids is 1. The molecule has 0 radical (unpaired) electrons. The molecule has 2 fully saturated rings. The molecule has 29 heavy (non-hydrogen) atoms. The molecule has 1 aromatic carbocycles. The SMILES string of the molecule is O=C(O)CCC/C=C/C[C@H]1[C@@H](OCc2ccccc2)CC(=O)[C@@H]1N1CCOCC1. The van der Waals surface area contributed by atoms with E-state index in [0.29, 0.717) is 32.7 Å². The van der Waals surface area contributed by atoms with E-state index in [-0.39, 0.29) is 30.3 Å². The highest BCUT2D eigenvalue weighted by Crippen LogP contribution is 2.34. The van der Waals surface area contributed by atoms with Crippen molar-refractivity contribution in [1.82, 2.24) is 4.90 Å². The Labute approximate surface area is 172 Å². The summed E-state index contributed by atoms with van der Waals surface area (Å²) >= 11 is 0. The molecule has 0 bridgehead atoms. The van der Waals surface area contributed by atoms with Crippen molar-refractivity contribution < 1.29 is 24.2 Å². The van der Waals surface area contributed by atoms with Crippen molar-refractivity contribution in [2.45, 2.75) is 50.9 Å². The number of carbonyl (C=O) groups excluding carboxylic acids is 1. The summed E-state index contributed by atoms with van der Waals surface area (Å²) in [5.74, 6) is -0.393. The number of allylic oxidation sites excluding steroid dienone is 2. The van der Waals surface area contributed by atoms with Gasteiger partial charge in [0.1, 0.15) is 0 Å². The van der Waals surface area contributed by atoms with Crippen molar-refractivity contribution in [3.63, 3.8) is 0 Å². The van der Waals surface area contributed by atoms with Gasteiger partial charge in [-0.1, -0.05) is 42.5 Å². The molecule has 1 N–H and O–H groups in total. The molecular formula is C23H31NO5. The van der Waals surface area contributed by atoms with Gasteiger partial charge in [0.15, 0.2) is 5.78 Å². The number of Topliss-reactive ketones (excluding diaryl/α,β-unsaturated/α-hetero) is 1. The molecule has 1 saturated heterocycles. The fourth-order valence-corrected chi connectivity index (χ4v) is 4.23. The molecule has 6 nitrogen and oxygen atoms in total. The molecule has 3 rings (SSSR count). The largest absolute Gasteiger partial charge is 0.481 e. The van der Waals surface area contributed by atoms with E-state index >= 15 is 0 Å². The van der Waals surface area contributed by atoms with E-state index in [2.05, 4.69) is 11.0 Å². The fourth-order valence-electron chi connectivity index (χ4n) is 4.23. The predicted molar refractivity (Wildman–Crippen MR) is 110 cm³/mol. The minimum atomic E-state index is -0.762. The second kappa shape index (κ2) is 11.2. The van der Waals surface area contributed by atoms with Gasteiger partial charge in [-0.05, 0) is 24.8 Å². The van der Waals surface area contributed by atoms with Gasteiger partial charge < -0.3 is 14.6 Å². The smallest absolute Gasteiger partial charge is 0.303 e. The zero-order valence-electron chi connectivity index (χ0n) is 16.9. The average Bonchev–Trinajstić information content (AvgIpc) is 3.05. The molecule has 6 heteroatoms. The summed E-state index contributed by atoms with van der Waals surface area (Å²) in [7, 11) is 0. The molecule has 1 heterocycles. The van der Waals surface area contributed by atoms with Crippen molar-refractivity contribution in [2.24, 2.45) is 5.92 Å². The highest BCUT2D eigenvalue weighted by molar-refractivity contribution is 5.87. The molecular weight excluding hydrogens is 370 g/mol. The molecule has 0 aromatic heterocycles. The van der Waals surface area contributed by atoms with Crippen LogP contribution in [-0.2, 0) is 25.7 Å². The predicted octanol–water partition coefficient (Wildman–Crippen LogP) is 3.06. The molecule has 158 valence electrons. The quantitative estimate of drug-likeness (QED) is 0.480. The Bertz CT molecular complexity index is 684. The Morgan fingerprint density at radius 3 is 2.69 bits per heavy atom. The minimum absolute atomic E-state index is 0.0979. The van der Waals surface area contributed by atoms with E-state index in [1.165, 1.54) is 0 Å². The van der Waals surface area contributed by atoms with Crippen molar-refractivity contribution in [3.8, 4) is 0 Å². The summed E-state index contributed by atoms with van der Waals surface area (Å²) in [5, 5.41) is 8.74. The van der Waals surface area contributed by atoms with E-state index < -0.39 is 5.97 Å². The monoisotopic (exact) mass is 401 g/mol. The number of rotatable bonds is 10. The summed E-state index contributed by atoms with van der Waals surface area (Å²) in [5.41, 5.74) is 1.11. The van der Waals surface area contributed by atoms with Gasteiger partial charge in [-0.15, -0.1) is 0 Å². The molecule has 0 unspecified atom stereocenters. The Balaban J connectivity index is 1.62. The van der Waals surface area contributed by atoms with Gasteiger partial charge >= 0.3 is 5.97 Å². The van der Waals surface area contributed by atoms with Crippen molar-refractivity contribution in [2.75, 3.05) is 26.3 Å². The maximum atomic E-state index is 12.9. The maximum Gasteiger partial charge on any atom is 0.303 e. The number of unbranched alkanes of at least 4 members (excludes halogenated alkanes) is 1. The average molecular weight is 402 g/mol. The third-order valence-corrected chi connectivity index (χ3v) is 5.70. The van der Waals surface area contributed by atoms with Gasteiger partial charge in [0.25, 0.3) is 0 Å². The lowest BCUT2D eigenvalue weighted by Crippen LogP contribution is -2.49. The lowest BCUT2D eigenvalue weighted by molar-refractivity contribution is -0.137. The number of morpholine rings is 1. The van der Waals surface area contributed by atoms with Gasteiger partial charge in [-0.3, -0.25) is 14.5 Å². The van der Waals surface area contributed by atoms with Crippen LogP contribution in [0.25, 0.3) is 0 Å². The van der Waals surface area contributed by atoms with Crippen LogP contribution in [0.5, 0.6) is 0 Å². The Morgan fingerprint density at radius 2 is 1.97 bits per heavy atom. The van der Waals surface area contributed by atoms with Crippen LogP contribution in [0.2, 0.25) is 0 Å². The zero-order chi connectivity index (χ0) is 20.5. The number of carboxylic acid groups (broad SMARTS) is 1. The number of hydrogen-bond donors (Lipinski definition) is 1. The molecule has 0 amide bonds. The molecule has 1 aliphatic carbocycles. The van der Waals surface area contributed by atoms with Gasteiger partial charge in [0, 0.05) is 31.8 Å². The fraction of sp³-hybridized carbons (Fsp3) is 0.565. The maximum absolute atomic E-state index is 12.9. The number of aliphatic carboxylic acids is 1. The van der Waals surface area contributed by atoms with Crippen LogP contribution in [0.3, 0.4) is 0 Å². The Kier molecular flexibility index (Phi) is 8.40. The first-order chi connectivity index (χ1) is 14.1. The molecule has 0 spiro atoms. The van der Waals surface area contributed by atoms with Crippen LogP contribution >= 0.6 is 0 Å². The van der Waals surface area contributed by atoms with Crippen LogP contribution in [0, 0.1) is 5.92 Å². The van der Waals surface area contributed by atoms with E-state index in [0.717, 1.165) is 31.5 Å². The zero-order valence-corrected chi connectivity index (χ0v) is 16.9. The Morgan fingerprint density at radius 1 is 1.21 bits per heavy atom. The van der Waals surface area contributed by atoms with Gasteiger partial charge in [-0.2, -0.15) is 0 Å². The number of nitrogens with zero attached hydrogens (tertiary/aromatic N) is 1. The summed E-state index contributed by atoms with van der Waals surface area (Å²) in [6.45, 7) is 3.39. The minimum Gasteiger partial charge on any atom is -0.481 e. The summed E-state index contributed by atoms with van der Waals surface area (Å²) in [6.07, 6.45) is 6.81. The normalized spacial score (nSPS) is 25.7. The first-order valence-corrected chi connectivity index (χ1v) is 10.5. The van der Waals surface area contributed by atoms with E-state index in [9.17, 15) is 9.59 Å². The summed E-state index contributed by atoms with van der Waals surface area (Å²) < 4.78 is 11.7. The molecule has 3 atom stereocenters. The first-order valence-electron chi connectivity index (χ1n) is 10.5. The Hall–Kier alpha value is -2.02. The number of ketones is 1. The van der Waals surface area contributed by atoms with Crippen LogP contribution in [-0.4, -0.2) is 60.2 Å². The van der Waals surface area contributed by atoms with Gasteiger partial charge in [-0.25, -0.2) is 0 Å². The van der Waals surface area contributed by atoms with Crippen molar-refractivity contribution in [1.29, 1.82) is 0 Å². The lowest BCUT2D eigenvalue weighted by Gasteiger charge is -2.35. The van der Waals surface area contributed by atoms with Crippen LogP contribution in [0.15, 0.2) is 42.5 Å². The number of hydrogen-bond acceptors (Lipinski definition) is 5. The third kappa shape index (κ3) is 6.49. The lowest BCUT2D eigenvalue weighted by atomic mass is 9.95. The van der Waals surface area contributed by atoms with E-state index in [1.54, 1.807) is 0 Å². The molecule has 2 aliphatic rings. The number of carbonyl (C=O) groups is 2. The van der Waals surface area contributed by atoms with Crippen molar-refractivity contribution >= 4 is 11.8 Å². The molecule has 1 aliphatic heterocycles. The number of benzene rings is 1. The highest BCUT2D eigenvalue weighted by atomic mass is 16.5. The second-order valence-corrected chi connectivity index (χ2v) is 7.76. The summed E-state index contributed by atoms with van der Waals surface area (Å²) in [4.78, 5) is 25.7. The third-order valence-electron chi connectivity index (χ3n) is 5.70. The highest BCUT2D eigenvalue weighted by Gasteiger charge is 2.45. The van der Waals surface area contributed by atoms with Gasteiger partial charge in [0.2, 0.25) is 0 Å². The second-order valence-electron chi connectivity index (χ2n) is 7.76. The number of ether oxygens (including phenoxy) is 2. The van der Waals surface area contributed by atoms with Crippen molar-refractivity contribution in [3.05, 3.63) is 48.0 Å². The van der Waals surface area contributed by atoms with E-state index in [4.69, 9.17) is 14.6 Å².